The van der Waals surface area contributed by atoms with Gasteiger partial charge >= 0.3 is 0 Å². The monoisotopic (exact) mass is 412 g/mol. The molecule has 0 fully saturated rings. The van der Waals surface area contributed by atoms with Crippen molar-refractivity contribution in [2.45, 2.75) is 25.0 Å². The van der Waals surface area contributed by atoms with Gasteiger partial charge in [-0.05, 0) is 18.2 Å². The molecule has 2 aromatic carbocycles. The van der Waals surface area contributed by atoms with Gasteiger partial charge in [0, 0.05) is 24.2 Å². The van der Waals surface area contributed by atoms with Gasteiger partial charge in [-0.3, -0.25) is 9.36 Å². The molecule has 1 aromatic heterocycles. The van der Waals surface area contributed by atoms with Gasteiger partial charge in [0.1, 0.15) is 5.82 Å². The van der Waals surface area contributed by atoms with Gasteiger partial charge in [0.15, 0.2) is 16.7 Å². The lowest BCUT2D eigenvalue weighted by atomic mass is 10.2. The SMILES string of the molecule is CCc1nnc(SCC(=O)NCc2cccc(OC)c2OC)n1-c1ccccc1. The van der Waals surface area contributed by atoms with Gasteiger partial charge in [-0.25, -0.2) is 0 Å². The highest BCUT2D eigenvalue weighted by Crippen LogP contribution is 2.30. The fourth-order valence-electron chi connectivity index (χ4n) is 2.93. The van der Waals surface area contributed by atoms with Crippen LogP contribution in [0.3, 0.4) is 0 Å². The minimum absolute atomic E-state index is 0.0967. The number of aryl methyl sites for hydroxylation is 1. The van der Waals surface area contributed by atoms with Crippen LogP contribution in [0.1, 0.15) is 18.3 Å². The second-order valence-corrected chi connectivity index (χ2v) is 7.08. The van der Waals surface area contributed by atoms with Crippen molar-refractivity contribution < 1.29 is 14.3 Å². The molecule has 0 atom stereocenters. The quantitative estimate of drug-likeness (QED) is 0.544. The molecule has 1 amide bonds. The first-order valence-corrected chi connectivity index (χ1v) is 10.3. The van der Waals surface area contributed by atoms with Crippen molar-refractivity contribution in [2.75, 3.05) is 20.0 Å². The third-order valence-electron chi connectivity index (χ3n) is 4.32. The van der Waals surface area contributed by atoms with Crippen molar-refractivity contribution in [3.63, 3.8) is 0 Å². The Labute approximate surface area is 174 Å². The second kappa shape index (κ2) is 9.97. The fourth-order valence-corrected chi connectivity index (χ4v) is 3.73. The van der Waals surface area contributed by atoms with E-state index in [4.69, 9.17) is 9.47 Å². The van der Waals surface area contributed by atoms with Gasteiger partial charge in [0.2, 0.25) is 5.91 Å². The molecule has 0 spiro atoms. The molecule has 0 saturated carbocycles. The maximum Gasteiger partial charge on any atom is 0.230 e. The predicted molar refractivity (Wildman–Crippen MR) is 113 cm³/mol. The molecule has 0 aliphatic rings. The van der Waals surface area contributed by atoms with Crippen LogP contribution in [0.25, 0.3) is 5.69 Å². The highest BCUT2D eigenvalue weighted by atomic mass is 32.2. The lowest BCUT2D eigenvalue weighted by molar-refractivity contribution is -0.118. The molecular weight excluding hydrogens is 388 g/mol. The van der Waals surface area contributed by atoms with Crippen LogP contribution in [0, 0.1) is 0 Å². The van der Waals surface area contributed by atoms with Crippen molar-refractivity contribution in [3.05, 3.63) is 59.9 Å². The average Bonchev–Trinajstić information content (AvgIpc) is 3.19. The molecule has 0 radical (unpaired) electrons. The predicted octanol–water partition coefficient (Wildman–Crippen LogP) is 3.26. The molecule has 7 nitrogen and oxygen atoms in total. The number of aromatic nitrogens is 3. The molecule has 3 rings (SSSR count). The Balaban J connectivity index is 1.65. The standard InChI is InChI=1S/C21H24N4O3S/c1-4-18-23-24-21(25(18)16-10-6-5-7-11-16)29-14-19(26)22-13-15-9-8-12-17(27-2)20(15)28-3/h5-12H,4,13-14H2,1-3H3,(H,22,26). The number of carbonyl (C=O) groups excluding carboxylic acids is 1. The molecule has 0 aliphatic carbocycles. The summed E-state index contributed by atoms with van der Waals surface area (Å²) in [5.41, 5.74) is 1.84. The molecule has 0 aliphatic heterocycles. The maximum atomic E-state index is 12.4. The number of para-hydroxylation sites is 2. The van der Waals surface area contributed by atoms with Crippen molar-refractivity contribution in [1.29, 1.82) is 0 Å². The smallest absolute Gasteiger partial charge is 0.230 e. The topological polar surface area (TPSA) is 78.3 Å². The van der Waals surface area contributed by atoms with Crippen molar-refractivity contribution in [3.8, 4) is 17.2 Å². The summed E-state index contributed by atoms with van der Waals surface area (Å²) >= 11 is 1.36. The van der Waals surface area contributed by atoms with E-state index in [2.05, 4.69) is 15.5 Å². The Morgan fingerprint density at radius 2 is 1.86 bits per heavy atom. The van der Waals surface area contributed by atoms with Gasteiger partial charge in [-0.15, -0.1) is 10.2 Å². The Morgan fingerprint density at radius 3 is 2.55 bits per heavy atom. The molecule has 1 N–H and O–H groups in total. The Bertz CT molecular complexity index is 960. The first-order valence-electron chi connectivity index (χ1n) is 9.27. The van der Waals surface area contributed by atoms with Crippen LogP contribution in [0.15, 0.2) is 53.7 Å². The number of ether oxygens (including phenoxy) is 2. The van der Waals surface area contributed by atoms with Gasteiger partial charge in [0.05, 0.1) is 20.0 Å². The van der Waals surface area contributed by atoms with Crippen LogP contribution in [-0.2, 0) is 17.8 Å². The zero-order valence-electron chi connectivity index (χ0n) is 16.7. The number of amides is 1. The average molecular weight is 413 g/mol. The van der Waals surface area contributed by atoms with Crippen LogP contribution in [0.4, 0.5) is 0 Å². The van der Waals surface area contributed by atoms with Gasteiger partial charge in [-0.2, -0.15) is 0 Å². The number of nitrogens with one attached hydrogen (secondary N) is 1. The maximum absolute atomic E-state index is 12.4. The van der Waals surface area contributed by atoms with E-state index < -0.39 is 0 Å². The summed E-state index contributed by atoms with van der Waals surface area (Å²) in [6.45, 7) is 2.39. The van der Waals surface area contributed by atoms with E-state index in [1.165, 1.54) is 11.8 Å². The molecule has 3 aromatic rings. The normalized spacial score (nSPS) is 10.6. The minimum Gasteiger partial charge on any atom is -0.493 e. The molecule has 0 bridgehead atoms. The highest BCUT2D eigenvalue weighted by Gasteiger charge is 2.15. The lowest BCUT2D eigenvalue weighted by Gasteiger charge is -2.13. The Kier molecular flexibility index (Phi) is 7.13. The van der Waals surface area contributed by atoms with Crippen LogP contribution in [0.5, 0.6) is 11.5 Å². The molecule has 152 valence electrons. The van der Waals surface area contributed by atoms with E-state index in [0.29, 0.717) is 23.2 Å². The number of carbonyl (C=O) groups is 1. The van der Waals surface area contributed by atoms with E-state index in [-0.39, 0.29) is 11.7 Å². The van der Waals surface area contributed by atoms with E-state index in [1.807, 2.05) is 60.0 Å². The second-order valence-electron chi connectivity index (χ2n) is 6.14. The molecule has 0 unspecified atom stereocenters. The van der Waals surface area contributed by atoms with Crippen molar-refractivity contribution in [2.24, 2.45) is 0 Å². The first kappa shape index (κ1) is 20.7. The Hall–Kier alpha value is -3.00. The number of benzene rings is 2. The van der Waals surface area contributed by atoms with Crippen LogP contribution in [-0.4, -0.2) is 40.6 Å². The van der Waals surface area contributed by atoms with E-state index in [9.17, 15) is 4.79 Å². The summed E-state index contributed by atoms with van der Waals surface area (Å²) < 4.78 is 12.7. The molecule has 29 heavy (non-hydrogen) atoms. The number of hydrogen-bond acceptors (Lipinski definition) is 6. The summed E-state index contributed by atoms with van der Waals surface area (Å²) in [4.78, 5) is 12.4. The molecular formula is C21H24N4O3S. The van der Waals surface area contributed by atoms with E-state index >= 15 is 0 Å². The van der Waals surface area contributed by atoms with Gasteiger partial charge < -0.3 is 14.8 Å². The summed E-state index contributed by atoms with van der Waals surface area (Å²) in [5.74, 6) is 2.26. The van der Waals surface area contributed by atoms with Gasteiger partial charge in [0.25, 0.3) is 0 Å². The van der Waals surface area contributed by atoms with Crippen LogP contribution in [0.2, 0.25) is 0 Å². The minimum atomic E-state index is -0.0967. The third-order valence-corrected chi connectivity index (χ3v) is 5.25. The van der Waals surface area contributed by atoms with Crippen molar-refractivity contribution >= 4 is 17.7 Å². The van der Waals surface area contributed by atoms with Gasteiger partial charge in [-0.1, -0.05) is 49.0 Å². The first-order chi connectivity index (χ1) is 14.2. The van der Waals surface area contributed by atoms with E-state index in [1.54, 1.807) is 14.2 Å². The largest absolute Gasteiger partial charge is 0.493 e. The molecule has 1 heterocycles. The summed E-state index contributed by atoms with van der Waals surface area (Å²) in [6, 6.07) is 15.5. The zero-order valence-corrected chi connectivity index (χ0v) is 17.5. The highest BCUT2D eigenvalue weighted by molar-refractivity contribution is 7.99. The van der Waals surface area contributed by atoms with Crippen LogP contribution >= 0.6 is 11.8 Å². The number of methoxy groups -OCH3 is 2. The van der Waals surface area contributed by atoms with E-state index in [0.717, 1.165) is 23.5 Å². The Morgan fingerprint density at radius 1 is 1.07 bits per heavy atom. The summed E-state index contributed by atoms with van der Waals surface area (Å²) in [6.07, 6.45) is 0.754. The van der Waals surface area contributed by atoms with Crippen molar-refractivity contribution in [1.82, 2.24) is 20.1 Å². The number of thioether (sulfide) groups is 1. The number of nitrogens with zero attached hydrogens (tertiary/aromatic N) is 3. The third kappa shape index (κ3) is 4.89. The zero-order chi connectivity index (χ0) is 20.6. The summed E-state index contributed by atoms with van der Waals surface area (Å²) in [7, 11) is 3.17. The summed E-state index contributed by atoms with van der Waals surface area (Å²) in [5, 5.41) is 12.1. The number of rotatable bonds is 9. The lowest BCUT2D eigenvalue weighted by Crippen LogP contribution is -2.25. The number of hydrogen-bond donors (Lipinski definition) is 1. The molecule has 8 heteroatoms. The van der Waals surface area contributed by atoms with Crippen LogP contribution < -0.4 is 14.8 Å². The molecule has 0 saturated heterocycles. The fraction of sp³-hybridized carbons (Fsp3) is 0.286.